The third-order valence-corrected chi connectivity index (χ3v) is 5.33. The maximum Gasteiger partial charge on any atom is 0.229 e. The van der Waals surface area contributed by atoms with Crippen LogP contribution in [0.1, 0.15) is 70.0 Å². The van der Waals surface area contributed by atoms with Crippen LogP contribution in [-0.2, 0) is 15.1 Å². The van der Waals surface area contributed by atoms with E-state index >= 15 is 0 Å². The van der Waals surface area contributed by atoms with Gasteiger partial charge in [0, 0.05) is 32.5 Å². The largest absolute Gasteiger partial charge is 0.370 e. The minimum atomic E-state index is -0.431. The van der Waals surface area contributed by atoms with E-state index < -0.39 is 5.60 Å². The number of amides is 1. The summed E-state index contributed by atoms with van der Waals surface area (Å²) < 4.78 is 11.2. The maximum atomic E-state index is 12.0. The van der Waals surface area contributed by atoms with Gasteiger partial charge in [-0.1, -0.05) is 12.1 Å². The van der Waals surface area contributed by atoms with Gasteiger partial charge in [0.15, 0.2) is 0 Å². The summed E-state index contributed by atoms with van der Waals surface area (Å²) in [6.45, 7) is 5.65. The van der Waals surface area contributed by atoms with Gasteiger partial charge in [-0.15, -0.1) is 0 Å². The molecule has 1 aliphatic heterocycles. The summed E-state index contributed by atoms with van der Waals surface area (Å²) in [5, 5.41) is 4.19. The van der Waals surface area contributed by atoms with Gasteiger partial charge in [0.05, 0.1) is 0 Å². The van der Waals surface area contributed by atoms with Crippen LogP contribution in [0.2, 0.25) is 0 Å². The van der Waals surface area contributed by atoms with Crippen LogP contribution in [0.3, 0.4) is 0 Å². The Morgan fingerprint density at radius 1 is 1.35 bits per heavy atom. The van der Waals surface area contributed by atoms with Gasteiger partial charge in [-0.05, 0) is 44.9 Å². The highest BCUT2D eigenvalue weighted by atomic mass is 16.5. The molecular weight excluding hydrogens is 294 g/mol. The van der Waals surface area contributed by atoms with Gasteiger partial charge < -0.3 is 14.2 Å². The molecule has 1 aromatic heterocycles. The zero-order valence-corrected chi connectivity index (χ0v) is 14.4. The Morgan fingerprint density at radius 2 is 2.04 bits per heavy atom. The van der Waals surface area contributed by atoms with Gasteiger partial charge in [-0.25, -0.2) is 0 Å². The average molecular weight is 321 g/mol. The molecule has 1 aliphatic carbocycles. The van der Waals surface area contributed by atoms with Crippen LogP contribution in [0, 0.1) is 5.92 Å². The molecule has 6 nitrogen and oxygen atoms in total. The highest BCUT2D eigenvalue weighted by Gasteiger charge is 2.47. The Hall–Kier alpha value is -1.43. The predicted octanol–water partition coefficient (Wildman–Crippen LogP) is 2.85. The number of hydrogen-bond acceptors (Lipinski definition) is 5. The van der Waals surface area contributed by atoms with Gasteiger partial charge in [-0.3, -0.25) is 4.79 Å². The smallest absolute Gasteiger partial charge is 0.229 e. The Kier molecular flexibility index (Phi) is 4.71. The van der Waals surface area contributed by atoms with Crippen molar-refractivity contribution < 1.29 is 14.1 Å². The number of carbonyl (C=O) groups excluding carboxylic acids is 1. The minimum Gasteiger partial charge on any atom is -0.370 e. The SMILES string of the molecule is CCCC(=O)N1CCC(c2nc(C(C)(OC)C3CC3)no2)CC1. The van der Waals surface area contributed by atoms with Crippen LogP contribution < -0.4 is 0 Å². The second-order valence-corrected chi connectivity index (χ2v) is 6.95. The maximum absolute atomic E-state index is 12.0. The third kappa shape index (κ3) is 3.27. The second-order valence-electron chi connectivity index (χ2n) is 6.95. The first-order valence-electron chi connectivity index (χ1n) is 8.75. The monoisotopic (exact) mass is 321 g/mol. The number of nitrogens with zero attached hydrogens (tertiary/aromatic N) is 3. The first kappa shape index (κ1) is 16.4. The molecule has 1 unspecified atom stereocenters. The van der Waals surface area contributed by atoms with E-state index in [-0.39, 0.29) is 11.8 Å². The number of rotatable bonds is 6. The molecule has 1 amide bonds. The topological polar surface area (TPSA) is 68.5 Å². The van der Waals surface area contributed by atoms with Crippen molar-refractivity contribution >= 4 is 5.91 Å². The van der Waals surface area contributed by atoms with Crippen LogP contribution in [0.5, 0.6) is 0 Å². The summed E-state index contributed by atoms with van der Waals surface area (Å²) in [6.07, 6.45) is 5.65. The van der Waals surface area contributed by atoms with E-state index in [0.717, 1.165) is 45.2 Å². The van der Waals surface area contributed by atoms with Crippen molar-refractivity contribution in [1.29, 1.82) is 0 Å². The third-order valence-electron chi connectivity index (χ3n) is 5.33. The molecule has 0 bridgehead atoms. The zero-order valence-electron chi connectivity index (χ0n) is 14.4. The summed E-state index contributed by atoms with van der Waals surface area (Å²) in [5.41, 5.74) is -0.431. The summed E-state index contributed by atoms with van der Waals surface area (Å²) in [6, 6.07) is 0. The molecule has 2 heterocycles. The molecule has 1 atom stereocenters. The molecule has 0 N–H and O–H groups in total. The summed E-state index contributed by atoms with van der Waals surface area (Å²) in [5.74, 6) is 2.38. The molecule has 1 aromatic rings. The van der Waals surface area contributed by atoms with Gasteiger partial charge >= 0.3 is 0 Å². The summed E-state index contributed by atoms with van der Waals surface area (Å²) in [4.78, 5) is 18.6. The highest BCUT2D eigenvalue weighted by Crippen LogP contribution is 2.47. The fourth-order valence-corrected chi connectivity index (χ4v) is 3.43. The molecule has 2 aliphatic rings. The van der Waals surface area contributed by atoms with E-state index in [4.69, 9.17) is 9.26 Å². The number of piperidine rings is 1. The number of likely N-dealkylation sites (tertiary alicyclic amines) is 1. The molecule has 2 fully saturated rings. The predicted molar refractivity (Wildman–Crippen MR) is 84.8 cm³/mol. The molecule has 128 valence electrons. The van der Waals surface area contributed by atoms with Crippen LogP contribution in [0.15, 0.2) is 4.52 Å². The number of aromatic nitrogens is 2. The van der Waals surface area contributed by atoms with E-state index in [1.807, 2.05) is 18.7 Å². The molecule has 23 heavy (non-hydrogen) atoms. The number of methoxy groups -OCH3 is 1. The normalized spacial score (nSPS) is 22.1. The first-order chi connectivity index (χ1) is 11.1. The molecule has 3 rings (SSSR count). The summed E-state index contributed by atoms with van der Waals surface area (Å²) >= 11 is 0. The van der Waals surface area contributed by atoms with Crippen molar-refractivity contribution in [3.8, 4) is 0 Å². The Bertz CT molecular complexity index is 547. The molecular formula is C17H27N3O3. The van der Waals surface area contributed by atoms with Crippen LogP contribution in [-0.4, -0.2) is 41.1 Å². The number of carbonyl (C=O) groups is 1. The minimum absolute atomic E-state index is 0.252. The lowest BCUT2D eigenvalue weighted by Gasteiger charge is -2.30. The molecule has 0 spiro atoms. The lowest BCUT2D eigenvalue weighted by atomic mass is 9.96. The van der Waals surface area contributed by atoms with E-state index in [9.17, 15) is 4.79 Å². The summed E-state index contributed by atoms with van der Waals surface area (Å²) in [7, 11) is 1.71. The zero-order chi connectivity index (χ0) is 16.4. The van der Waals surface area contributed by atoms with Crippen LogP contribution in [0.25, 0.3) is 0 Å². The number of ether oxygens (including phenoxy) is 1. The standard InChI is InChI=1S/C17H27N3O3/c1-4-5-14(21)20-10-8-12(9-11-20)15-18-16(19-23-15)17(2,22-3)13-6-7-13/h12-13H,4-11H2,1-3H3. The van der Waals surface area contributed by atoms with E-state index in [1.165, 1.54) is 0 Å². The van der Waals surface area contributed by atoms with Crippen LogP contribution >= 0.6 is 0 Å². The lowest BCUT2D eigenvalue weighted by molar-refractivity contribution is -0.132. The average Bonchev–Trinajstić information content (AvgIpc) is 3.32. The molecule has 0 radical (unpaired) electrons. The van der Waals surface area contributed by atoms with Crippen molar-refractivity contribution in [1.82, 2.24) is 15.0 Å². The van der Waals surface area contributed by atoms with E-state index in [0.29, 0.717) is 24.1 Å². The number of hydrogen-bond donors (Lipinski definition) is 0. The quantitative estimate of drug-likeness (QED) is 0.806. The Morgan fingerprint density at radius 3 is 2.61 bits per heavy atom. The second kappa shape index (κ2) is 6.59. The molecule has 1 saturated heterocycles. The molecule has 0 aromatic carbocycles. The first-order valence-corrected chi connectivity index (χ1v) is 8.75. The Labute approximate surface area is 137 Å². The highest BCUT2D eigenvalue weighted by molar-refractivity contribution is 5.76. The van der Waals surface area contributed by atoms with Gasteiger partial charge in [0.1, 0.15) is 5.60 Å². The fraction of sp³-hybridized carbons (Fsp3) is 0.824. The van der Waals surface area contributed by atoms with Crippen molar-refractivity contribution in [3.05, 3.63) is 11.7 Å². The van der Waals surface area contributed by atoms with Gasteiger partial charge in [0.25, 0.3) is 0 Å². The van der Waals surface area contributed by atoms with Crippen molar-refractivity contribution in [2.45, 2.75) is 63.9 Å². The van der Waals surface area contributed by atoms with E-state index in [1.54, 1.807) is 7.11 Å². The van der Waals surface area contributed by atoms with Crippen molar-refractivity contribution in [2.24, 2.45) is 5.92 Å². The fourth-order valence-electron chi connectivity index (χ4n) is 3.43. The lowest BCUT2D eigenvalue weighted by Crippen LogP contribution is -2.37. The molecule has 1 saturated carbocycles. The van der Waals surface area contributed by atoms with Crippen LogP contribution in [0.4, 0.5) is 0 Å². The van der Waals surface area contributed by atoms with Crippen molar-refractivity contribution in [2.75, 3.05) is 20.2 Å². The van der Waals surface area contributed by atoms with E-state index in [2.05, 4.69) is 10.1 Å². The molecule has 6 heteroatoms. The van der Waals surface area contributed by atoms with Gasteiger partial charge in [0.2, 0.25) is 17.6 Å². The van der Waals surface area contributed by atoms with Crippen molar-refractivity contribution in [3.63, 3.8) is 0 Å². The van der Waals surface area contributed by atoms with Gasteiger partial charge in [-0.2, -0.15) is 4.98 Å². The Balaban J connectivity index is 1.62.